The van der Waals surface area contributed by atoms with Gasteiger partial charge in [-0.15, -0.1) is 21.5 Å². The molecule has 0 saturated carbocycles. The van der Waals surface area contributed by atoms with E-state index in [9.17, 15) is 14.4 Å². The van der Waals surface area contributed by atoms with Crippen molar-refractivity contribution in [1.29, 1.82) is 0 Å². The third kappa shape index (κ3) is 4.55. The number of benzene rings is 2. The number of carbonyl (C=O) groups is 3. The van der Waals surface area contributed by atoms with Crippen LogP contribution in [0.3, 0.4) is 0 Å². The number of aromatic nitrogens is 2. The number of anilines is 1. The van der Waals surface area contributed by atoms with E-state index < -0.39 is 0 Å². The van der Waals surface area contributed by atoms with E-state index in [1.165, 1.54) is 11.3 Å². The van der Waals surface area contributed by atoms with Gasteiger partial charge in [0.25, 0.3) is 5.89 Å². The van der Waals surface area contributed by atoms with Gasteiger partial charge in [0.05, 0.1) is 29.2 Å². The molecule has 0 aliphatic heterocycles. The minimum Gasteiger partial charge on any atom is -0.419 e. The van der Waals surface area contributed by atoms with Crippen molar-refractivity contribution < 1.29 is 18.8 Å². The number of thiophene rings is 1. The summed E-state index contributed by atoms with van der Waals surface area (Å²) in [5, 5.41) is 13.0. The van der Waals surface area contributed by atoms with Crippen LogP contribution in [0.4, 0.5) is 5.69 Å². The highest BCUT2D eigenvalue weighted by molar-refractivity contribution is 7.13. The fraction of sp³-hybridized carbons (Fsp3) is 0.192. The Hall–Kier alpha value is -3.95. The zero-order chi connectivity index (χ0) is 24.4. The topological polar surface area (TPSA) is 105 Å². The first-order valence-corrected chi connectivity index (χ1v) is 12.1. The molecule has 0 atom stereocenters. The average Bonchev–Trinajstić information content (AvgIpc) is 3.55. The molecule has 2 heterocycles. The second-order valence-corrected chi connectivity index (χ2v) is 9.12. The van der Waals surface area contributed by atoms with E-state index in [2.05, 4.69) is 15.5 Å². The van der Waals surface area contributed by atoms with Crippen molar-refractivity contribution in [2.45, 2.75) is 19.9 Å². The Morgan fingerprint density at radius 3 is 2.49 bits per heavy atom. The molecule has 0 saturated heterocycles. The lowest BCUT2D eigenvalue weighted by Crippen LogP contribution is -2.34. The number of hydrogen-bond acceptors (Lipinski definition) is 8. The molecule has 35 heavy (non-hydrogen) atoms. The Labute approximate surface area is 205 Å². The average molecular weight is 487 g/mol. The van der Waals surface area contributed by atoms with Crippen molar-refractivity contribution in [3.8, 4) is 10.8 Å². The summed E-state index contributed by atoms with van der Waals surface area (Å²) in [7, 11) is 0. The predicted molar refractivity (Wildman–Crippen MR) is 132 cm³/mol. The van der Waals surface area contributed by atoms with Gasteiger partial charge in [-0.05, 0) is 30.5 Å². The van der Waals surface area contributed by atoms with E-state index in [1.807, 2.05) is 29.3 Å². The number of amides is 1. The van der Waals surface area contributed by atoms with Gasteiger partial charge in [-0.25, -0.2) is 0 Å². The summed E-state index contributed by atoms with van der Waals surface area (Å²) in [5.41, 5.74) is 1.57. The van der Waals surface area contributed by atoms with E-state index in [1.54, 1.807) is 42.5 Å². The summed E-state index contributed by atoms with van der Waals surface area (Å²) in [5.74, 6) is 0.0728. The summed E-state index contributed by atoms with van der Waals surface area (Å²) in [4.78, 5) is 41.9. The van der Waals surface area contributed by atoms with E-state index in [0.29, 0.717) is 47.2 Å². The number of nitrogens with zero attached hydrogens (tertiary/aromatic N) is 3. The van der Waals surface area contributed by atoms with Gasteiger partial charge in [0.15, 0.2) is 11.6 Å². The van der Waals surface area contributed by atoms with Crippen LogP contribution in [0, 0.1) is 0 Å². The fourth-order valence-electron chi connectivity index (χ4n) is 4.18. The number of carbonyl (C=O) groups excluding carboxylic acids is 3. The number of fused-ring (bicyclic) bond motifs is 2. The van der Waals surface area contributed by atoms with Gasteiger partial charge in [0.2, 0.25) is 11.8 Å². The molecule has 2 aromatic carbocycles. The quantitative estimate of drug-likeness (QED) is 0.346. The van der Waals surface area contributed by atoms with E-state index >= 15 is 0 Å². The lowest BCUT2D eigenvalue weighted by molar-refractivity contribution is -0.117. The molecular weight excluding hydrogens is 464 g/mol. The summed E-state index contributed by atoms with van der Waals surface area (Å²) >= 11 is 1.51. The van der Waals surface area contributed by atoms with Gasteiger partial charge in [-0.2, -0.15) is 0 Å². The second-order valence-electron chi connectivity index (χ2n) is 8.17. The van der Waals surface area contributed by atoms with Crippen LogP contribution in [0.1, 0.15) is 51.1 Å². The molecule has 0 bridgehead atoms. The maximum atomic E-state index is 13.2. The summed E-state index contributed by atoms with van der Waals surface area (Å²) in [6.45, 7) is 3.04. The van der Waals surface area contributed by atoms with E-state index in [0.717, 1.165) is 11.3 Å². The van der Waals surface area contributed by atoms with Crippen LogP contribution >= 0.6 is 11.3 Å². The predicted octanol–water partition coefficient (Wildman–Crippen LogP) is 4.42. The van der Waals surface area contributed by atoms with Crippen LogP contribution in [0.5, 0.6) is 0 Å². The highest BCUT2D eigenvalue weighted by atomic mass is 32.1. The number of nitrogens with one attached hydrogen (secondary N) is 1. The molecule has 0 unspecified atom stereocenters. The molecule has 1 aliphatic rings. The van der Waals surface area contributed by atoms with Crippen LogP contribution in [-0.4, -0.2) is 45.7 Å². The molecule has 5 rings (SSSR count). The molecule has 4 aromatic rings. The smallest absolute Gasteiger partial charge is 0.257 e. The van der Waals surface area contributed by atoms with E-state index in [-0.39, 0.29) is 29.6 Å². The highest BCUT2D eigenvalue weighted by Crippen LogP contribution is 2.32. The van der Waals surface area contributed by atoms with Crippen molar-refractivity contribution in [3.05, 3.63) is 88.1 Å². The van der Waals surface area contributed by atoms with Gasteiger partial charge in [-0.3, -0.25) is 19.3 Å². The molecule has 0 spiro atoms. The van der Waals surface area contributed by atoms with Gasteiger partial charge in [0.1, 0.15) is 0 Å². The highest BCUT2D eigenvalue weighted by Gasteiger charge is 2.31. The standard InChI is InChI=1S/C26H22N4O4S/c1-2-12-30(15-22-28-29-26(34-22)20-11-6-13-35-20)14-21(31)27-19-10-5-9-18-23(19)25(33)17-8-4-3-7-16(17)24(18)32/h3-11,13H,2,12,14-15H2,1H3,(H,27,31). The van der Waals surface area contributed by atoms with Crippen molar-refractivity contribution in [3.63, 3.8) is 0 Å². The number of ketones is 2. The first kappa shape index (κ1) is 22.8. The summed E-state index contributed by atoms with van der Waals surface area (Å²) in [6.07, 6.45) is 0.823. The minimum atomic E-state index is -0.302. The fourth-order valence-corrected chi connectivity index (χ4v) is 4.83. The molecule has 0 radical (unpaired) electrons. The van der Waals surface area contributed by atoms with E-state index in [4.69, 9.17) is 4.42 Å². The molecule has 1 aliphatic carbocycles. The third-order valence-electron chi connectivity index (χ3n) is 5.69. The van der Waals surface area contributed by atoms with Crippen molar-refractivity contribution in [2.75, 3.05) is 18.4 Å². The largest absolute Gasteiger partial charge is 0.419 e. The van der Waals surface area contributed by atoms with Crippen LogP contribution in [0.2, 0.25) is 0 Å². The van der Waals surface area contributed by atoms with Crippen molar-refractivity contribution in [2.24, 2.45) is 0 Å². The number of hydrogen-bond donors (Lipinski definition) is 1. The van der Waals surface area contributed by atoms with Crippen LogP contribution in [-0.2, 0) is 11.3 Å². The molecule has 9 heteroatoms. The maximum Gasteiger partial charge on any atom is 0.257 e. The van der Waals surface area contributed by atoms with Gasteiger partial charge >= 0.3 is 0 Å². The molecular formula is C26H22N4O4S. The zero-order valence-corrected chi connectivity index (χ0v) is 19.8. The molecule has 8 nitrogen and oxygen atoms in total. The Bertz CT molecular complexity index is 1410. The SMILES string of the molecule is CCCN(CC(=O)Nc1cccc2c1C(=O)c1ccccc1C2=O)Cc1nnc(-c2cccs2)o1. The Kier molecular flexibility index (Phi) is 6.35. The van der Waals surface area contributed by atoms with Crippen LogP contribution < -0.4 is 5.32 Å². The van der Waals surface area contributed by atoms with Crippen LogP contribution in [0.25, 0.3) is 10.8 Å². The molecule has 2 aromatic heterocycles. The van der Waals surface area contributed by atoms with Gasteiger partial charge in [-0.1, -0.05) is 49.4 Å². The zero-order valence-electron chi connectivity index (χ0n) is 19.0. The monoisotopic (exact) mass is 486 g/mol. The Morgan fingerprint density at radius 1 is 0.971 bits per heavy atom. The third-order valence-corrected chi connectivity index (χ3v) is 6.55. The maximum absolute atomic E-state index is 13.2. The van der Waals surface area contributed by atoms with Crippen molar-refractivity contribution in [1.82, 2.24) is 15.1 Å². The van der Waals surface area contributed by atoms with Crippen molar-refractivity contribution >= 4 is 34.5 Å². The molecule has 1 N–H and O–H groups in total. The lowest BCUT2D eigenvalue weighted by atomic mass is 9.83. The van der Waals surface area contributed by atoms with Gasteiger partial charge < -0.3 is 9.73 Å². The molecule has 1 amide bonds. The Balaban J connectivity index is 1.32. The first-order chi connectivity index (χ1) is 17.0. The minimum absolute atomic E-state index is 0.0624. The van der Waals surface area contributed by atoms with Crippen LogP contribution in [0.15, 0.2) is 64.4 Å². The number of rotatable bonds is 8. The normalized spacial score (nSPS) is 12.5. The lowest BCUT2D eigenvalue weighted by Gasteiger charge is -2.22. The second kappa shape index (κ2) is 9.73. The first-order valence-electron chi connectivity index (χ1n) is 11.2. The Morgan fingerprint density at radius 2 is 1.74 bits per heavy atom. The molecule has 0 fully saturated rings. The molecule has 176 valence electrons. The summed E-state index contributed by atoms with van der Waals surface area (Å²) < 4.78 is 5.77. The summed E-state index contributed by atoms with van der Waals surface area (Å²) in [6, 6.07) is 15.5. The van der Waals surface area contributed by atoms with Gasteiger partial charge in [0, 0.05) is 16.7 Å².